The van der Waals surface area contributed by atoms with Gasteiger partial charge >= 0.3 is 0 Å². The smallest absolute Gasteiger partial charge is 0.261 e. The number of aromatic nitrogens is 2. The summed E-state index contributed by atoms with van der Waals surface area (Å²) in [7, 11) is 0. The molecule has 0 unspecified atom stereocenters. The second kappa shape index (κ2) is 9.41. The van der Waals surface area contributed by atoms with E-state index in [1.54, 1.807) is 36.7 Å². The first kappa shape index (κ1) is 19.9. The van der Waals surface area contributed by atoms with Crippen molar-refractivity contribution >= 4 is 11.8 Å². The van der Waals surface area contributed by atoms with Gasteiger partial charge in [0.05, 0.1) is 22.5 Å². The molecule has 3 aromatic rings. The Bertz CT molecular complexity index is 931. The fourth-order valence-electron chi connectivity index (χ4n) is 3.70. The fourth-order valence-corrected chi connectivity index (χ4v) is 3.70. The first-order valence-corrected chi connectivity index (χ1v) is 10.2. The molecule has 152 valence electrons. The SMILES string of the molecule is O=C1c2ccccc2C(=O)N1CCCCN(Cc1ccccn1)Cc1ccccn1. The molecule has 0 saturated heterocycles. The first-order valence-electron chi connectivity index (χ1n) is 10.2. The van der Waals surface area contributed by atoms with Gasteiger partial charge in [-0.1, -0.05) is 24.3 Å². The van der Waals surface area contributed by atoms with Crippen molar-refractivity contribution in [1.29, 1.82) is 0 Å². The van der Waals surface area contributed by atoms with Crippen LogP contribution in [-0.2, 0) is 13.1 Å². The summed E-state index contributed by atoms with van der Waals surface area (Å²) in [6, 6.07) is 18.9. The first-order chi connectivity index (χ1) is 14.7. The number of nitrogens with zero attached hydrogens (tertiary/aromatic N) is 4. The minimum Gasteiger partial charge on any atom is -0.292 e. The molecule has 6 nitrogen and oxygen atoms in total. The summed E-state index contributed by atoms with van der Waals surface area (Å²) in [5.74, 6) is -0.371. The summed E-state index contributed by atoms with van der Waals surface area (Å²) in [5.41, 5.74) is 3.03. The van der Waals surface area contributed by atoms with Gasteiger partial charge in [0.2, 0.25) is 0 Å². The highest BCUT2D eigenvalue weighted by Gasteiger charge is 2.34. The third-order valence-corrected chi connectivity index (χ3v) is 5.21. The number of carbonyl (C=O) groups excluding carboxylic acids is 2. The van der Waals surface area contributed by atoms with E-state index in [-0.39, 0.29) is 11.8 Å². The zero-order chi connectivity index (χ0) is 20.8. The number of carbonyl (C=O) groups is 2. The second-order valence-corrected chi connectivity index (χ2v) is 7.37. The average Bonchev–Trinajstić information content (AvgIpc) is 3.03. The van der Waals surface area contributed by atoms with E-state index in [9.17, 15) is 9.59 Å². The van der Waals surface area contributed by atoms with E-state index in [4.69, 9.17) is 0 Å². The second-order valence-electron chi connectivity index (χ2n) is 7.37. The van der Waals surface area contributed by atoms with Gasteiger partial charge in [0, 0.05) is 32.0 Å². The van der Waals surface area contributed by atoms with Crippen molar-refractivity contribution < 1.29 is 9.59 Å². The third kappa shape index (κ3) is 4.60. The molecule has 1 aliphatic heterocycles. The summed E-state index contributed by atoms with van der Waals surface area (Å²) in [4.78, 5) is 37.5. The van der Waals surface area contributed by atoms with Gasteiger partial charge in [0.1, 0.15) is 0 Å². The van der Waals surface area contributed by atoms with Crippen LogP contribution in [0.4, 0.5) is 0 Å². The quantitative estimate of drug-likeness (QED) is 0.406. The number of fused-ring (bicyclic) bond motifs is 1. The maximum Gasteiger partial charge on any atom is 0.261 e. The van der Waals surface area contributed by atoms with Crippen LogP contribution in [0.3, 0.4) is 0 Å². The number of imide groups is 1. The lowest BCUT2D eigenvalue weighted by Crippen LogP contribution is -2.31. The van der Waals surface area contributed by atoms with Crippen molar-refractivity contribution in [2.45, 2.75) is 25.9 Å². The van der Waals surface area contributed by atoms with Gasteiger partial charge in [-0.3, -0.25) is 29.4 Å². The number of hydrogen-bond acceptors (Lipinski definition) is 5. The van der Waals surface area contributed by atoms with Crippen molar-refractivity contribution in [2.75, 3.05) is 13.1 Å². The molecule has 0 spiro atoms. The average molecular weight is 400 g/mol. The molecule has 6 heteroatoms. The van der Waals surface area contributed by atoms with Crippen molar-refractivity contribution in [1.82, 2.24) is 19.8 Å². The Morgan fingerprint density at radius 2 is 1.23 bits per heavy atom. The number of pyridine rings is 2. The number of rotatable bonds is 9. The van der Waals surface area contributed by atoms with Crippen LogP contribution in [0.2, 0.25) is 0 Å². The molecule has 0 radical (unpaired) electrons. The number of amides is 2. The highest BCUT2D eigenvalue weighted by molar-refractivity contribution is 6.21. The van der Waals surface area contributed by atoms with E-state index in [2.05, 4.69) is 14.9 Å². The van der Waals surface area contributed by atoms with Gasteiger partial charge in [-0.25, -0.2) is 0 Å². The normalized spacial score (nSPS) is 13.2. The Morgan fingerprint density at radius 3 is 1.73 bits per heavy atom. The summed E-state index contributed by atoms with van der Waals surface area (Å²) in [6.45, 7) is 2.72. The van der Waals surface area contributed by atoms with Crippen LogP contribution in [0.1, 0.15) is 44.9 Å². The Kier molecular flexibility index (Phi) is 6.25. The van der Waals surface area contributed by atoms with Crippen molar-refractivity contribution in [2.24, 2.45) is 0 Å². The number of unbranched alkanes of at least 4 members (excludes halogenated alkanes) is 1. The van der Waals surface area contributed by atoms with Gasteiger partial charge in [-0.2, -0.15) is 0 Å². The Labute approximate surface area is 176 Å². The van der Waals surface area contributed by atoms with Gasteiger partial charge in [0.15, 0.2) is 0 Å². The summed E-state index contributed by atoms with van der Waals surface area (Å²) in [5, 5.41) is 0. The Morgan fingerprint density at radius 1 is 0.700 bits per heavy atom. The standard InChI is InChI=1S/C24H24N4O2/c29-23-21-11-1-2-12-22(21)24(30)28(23)16-8-7-15-27(17-19-9-3-5-13-25-19)18-20-10-4-6-14-26-20/h1-6,9-14H,7-8,15-18H2. The molecular weight excluding hydrogens is 376 g/mol. The molecular formula is C24H24N4O2. The zero-order valence-corrected chi connectivity index (χ0v) is 16.8. The fraction of sp³-hybridized carbons (Fsp3) is 0.250. The third-order valence-electron chi connectivity index (χ3n) is 5.21. The molecule has 4 rings (SSSR count). The number of benzene rings is 1. The van der Waals surface area contributed by atoms with Gasteiger partial charge in [-0.15, -0.1) is 0 Å². The topological polar surface area (TPSA) is 66.4 Å². The molecule has 0 N–H and O–H groups in total. The largest absolute Gasteiger partial charge is 0.292 e. The molecule has 0 fully saturated rings. The summed E-state index contributed by atoms with van der Waals surface area (Å²) < 4.78 is 0. The highest BCUT2D eigenvalue weighted by Crippen LogP contribution is 2.22. The summed E-state index contributed by atoms with van der Waals surface area (Å²) in [6.07, 6.45) is 5.23. The predicted molar refractivity (Wildman–Crippen MR) is 114 cm³/mol. The van der Waals surface area contributed by atoms with E-state index < -0.39 is 0 Å². The lowest BCUT2D eigenvalue weighted by Gasteiger charge is -2.22. The molecule has 2 aromatic heterocycles. The van der Waals surface area contributed by atoms with Crippen LogP contribution in [0.5, 0.6) is 0 Å². The molecule has 0 aliphatic carbocycles. The van der Waals surface area contributed by atoms with Crippen LogP contribution in [0, 0.1) is 0 Å². The van der Waals surface area contributed by atoms with E-state index in [1.807, 2.05) is 36.4 Å². The minimum atomic E-state index is -0.186. The maximum atomic E-state index is 12.5. The molecule has 0 bridgehead atoms. The highest BCUT2D eigenvalue weighted by atomic mass is 16.2. The van der Waals surface area contributed by atoms with Crippen LogP contribution in [-0.4, -0.2) is 44.7 Å². The molecule has 2 amide bonds. The Balaban J connectivity index is 1.33. The monoisotopic (exact) mass is 400 g/mol. The van der Waals surface area contributed by atoms with E-state index >= 15 is 0 Å². The maximum absolute atomic E-state index is 12.5. The lowest BCUT2D eigenvalue weighted by atomic mass is 10.1. The van der Waals surface area contributed by atoms with Gasteiger partial charge < -0.3 is 0 Å². The predicted octanol–water partition coefficient (Wildman–Crippen LogP) is 3.56. The lowest BCUT2D eigenvalue weighted by molar-refractivity contribution is 0.0650. The molecule has 3 heterocycles. The van der Waals surface area contributed by atoms with Crippen molar-refractivity contribution in [3.63, 3.8) is 0 Å². The van der Waals surface area contributed by atoms with Crippen molar-refractivity contribution in [3.8, 4) is 0 Å². The van der Waals surface area contributed by atoms with Gasteiger partial charge in [-0.05, 0) is 55.8 Å². The molecule has 1 aromatic carbocycles. The molecule has 0 saturated carbocycles. The number of hydrogen-bond donors (Lipinski definition) is 0. The molecule has 1 aliphatic rings. The van der Waals surface area contributed by atoms with E-state index in [1.165, 1.54) is 4.90 Å². The van der Waals surface area contributed by atoms with Crippen LogP contribution >= 0.6 is 0 Å². The van der Waals surface area contributed by atoms with Crippen molar-refractivity contribution in [3.05, 3.63) is 95.6 Å². The van der Waals surface area contributed by atoms with E-state index in [0.29, 0.717) is 17.7 Å². The molecule has 30 heavy (non-hydrogen) atoms. The zero-order valence-electron chi connectivity index (χ0n) is 16.8. The Hall–Kier alpha value is -3.38. The van der Waals surface area contributed by atoms with E-state index in [0.717, 1.165) is 43.9 Å². The molecule has 0 atom stereocenters. The summed E-state index contributed by atoms with van der Waals surface area (Å²) >= 11 is 0. The van der Waals surface area contributed by atoms with Crippen LogP contribution in [0.15, 0.2) is 73.1 Å². The minimum absolute atomic E-state index is 0.186. The van der Waals surface area contributed by atoms with Gasteiger partial charge in [0.25, 0.3) is 11.8 Å². The van der Waals surface area contributed by atoms with Crippen LogP contribution < -0.4 is 0 Å². The van der Waals surface area contributed by atoms with Crippen LogP contribution in [0.25, 0.3) is 0 Å².